The van der Waals surface area contributed by atoms with Crippen LogP contribution in [-0.4, -0.2) is 27.4 Å². The molecule has 0 atom stereocenters. The Labute approximate surface area is 114 Å². The Morgan fingerprint density at radius 2 is 1.79 bits per heavy atom. The number of amides is 1. The van der Waals surface area contributed by atoms with Gasteiger partial charge in [0.2, 0.25) is 15.9 Å². The number of benzene rings is 1. The second-order valence-electron chi connectivity index (χ2n) is 4.17. The maximum atomic E-state index is 11.9. The van der Waals surface area contributed by atoms with Gasteiger partial charge >= 0.3 is 0 Å². The van der Waals surface area contributed by atoms with Crippen LogP contribution in [0.2, 0.25) is 0 Å². The quantitative estimate of drug-likeness (QED) is 0.786. The van der Waals surface area contributed by atoms with E-state index in [0.29, 0.717) is 6.54 Å². The average molecular weight is 284 g/mol. The Hall–Kier alpha value is -1.40. The molecular weight excluding hydrogens is 264 g/mol. The standard InChI is InChI=1S/C13H20N2O3S/c1-3-9-14-13(16)10-15-19(17,18)12-7-5-11(4-2)6-8-12/h5-8,15H,3-4,9-10H2,1-2H3,(H,14,16). The van der Waals surface area contributed by atoms with Crippen molar-refractivity contribution in [2.24, 2.45) is 0 Å². The number of sulfonamides is 1. The molecule has 0 bridgehead atoms. The van der Waals surface area contributed by atoms with Crippen LogP contribution in [0.1, 0.15) is 25.8 Å². The summed E-state index contributed by atoms with van der Waals surface area (Å²) >= 11 is 0. The third kappa shape index (κ3) is 5.00. The summed E-state index contributed by atoms with van der Waals surface area (Å²) in [7, 11) is -3.62. The third-order valence-corrected chi connectivity index (χ3v) is 4.05. The smallest absolute Gasteiger partial charge is 0.241 e. The highest BCUT2D eigenvalue weighted by Gasteiger charge is 2.14. The fourth-order valence-electron chi connectivity index (χ4n) is 1.48. The lowest BCUT2D eigenvalue weighted by Gasteiger charge is -2.07. The summed E-state index contributed by atoms with van der Waals surface area (Å²) in [5, 5.41) is 2.61. The number of aryl methyl sites for hydroxylation is 1. The minimum Gasteiger partial charge on any atom is -0.355 e. The number of rotatable bonds is 7. The highest BCUT2D eigenvalue weighted by molar-refractivity contribution is 7.89. The molecule has 0 aliphatic rings. The monoisotopic (exact) mass is 284 g/mol. The van der Waals surface area contributed by atoms with Crippen molar-refractivity contribution >= 4 is 15.9 Å². The molecule has 0 unspecified atom stereocenters. The van der Waals surface area contributed by atoms with E-state index in [1.54, 1.807) is 24.3 Å². The second-order valence-corrected chi connectivity index (χ2v) is 5.94. The highest BCUT2D eigenvalue weighted by Crippen LogP contribution is 2.10. The molecule has 0 fully saturated rings. The van der Waals surface area contributed by atoms with Crippen LogP contribution in [0.25, 0.3) is 0 Å². The van der Waals surface area contributed by atoms with E-state index in [-0.39, 0.29) is 17.3 Å². The van der Waals surface area contributed by atoms with Crippen molar-refractivity contribution in [1.82, 2.24) is 10.0 Å². The van der Waals surface area contributed by atoms with E-state index in [9.17, 15) is 13.2 Å². The van der Waals surface area contributed by atoms with Crippen LogP contribution >= 0.6 is 0 Å². The summed E-state index contributed by atoms with van der Waals surface area (Å²) < 4.78 is 26.1. The second kappa shape index (κ2) is 7.25. The number of hydrogen-bond acceptors (Lipinski definition) is 3. The SMILES string of the molecule is CCCNC(=O)CNS(=O)(=O)c1ccc(CC)cc1. The van der Waals surface area contributed by atoms with Crippen LogP contribution < -0.4 is 10.0 Å². The van der Waals surface area contributed by atoms with Gasteiger partial charge in [-0.15, -0.1) is 0 Å². The van der Waals surface area contributed by atoms with Gasteiger partial charge in [-0.2, -0.15) is 0 Å². The molecule has 0 saturated heterocycles. The normalized spacial score (nSPS) is 11.3. The molecule has 0 aliphatic heterocycles. The summed E-state index contributed by atoms with van der Waals surface area (Å²) in [5.41, 5.74) is 1.07. The molecule has 0 heterocycles. The fourth-order valence-corrected chi connectivity index (χ4v) is 2.46. The van der Waals surface area contributed by atoms with E-state index in [0.717, 1.165) is 18.4 Å². The highest BCUT2D eigenvalue weighted by atomic mass is 32.2. The van der Waals surface area contributed by atoms with E-state index in [1.807, 2.05) is 13.8 Å². The lowest BCUT2D eigenvalue weighted by molar-refractivity contribution is -0.119. The minimum absolute atomic E-state index is 0.174. The molecule has 6 heteroatoms. The number of carbonyl (C=O) groups is 1. The van der Waals surface area contributed by atoms with Crippen molar-refractivity contribution in [2.45, 2.75) is 31.6 Å². The Morgan fingerprint density at radius 3 is 2.32 bits per heavy atom. The summed E-state index contributed by atoms with van der Waals surface area (Å²) in [5.74, 6) is -0.324. The molecule has 0 radical (unpaired) electrons. The Morgan fingerprint density at radius 1 is 1.16 bits per heavy atom. The number of nitrogens with one attached hydrogen (secondary N) is 2. The summed E-state index contributed by atoms with van der Waals surface area (Å²) in [6.45, 7) is 4.24. The van der Waals surface area contributed by atoms with Gasteiger partial charge < -0.3 is 5.32 Å². The number of carbonyl (C=O) groups excluding carboxylic acids is 1. The maximum Gasteiger partial charge on any atom is 0.241 e. The molecule has 1 amide bonds. The lowest BCUT2D eigenvalue weighted by Crippen LogP contribution is -2.37. The van der Waals surface area contributed by atoms with Gasteiger partial charge in [0.15, 0.2) is 0 Å². The third-order valence-electron chi connectivity index (χ3n) is 2.64. The predicted molar refractivity (Wildman–Crippen MR) is 74.3 cm³/mol. The molecule has 106 valence electrons. The first-order valence-corrected chi connectivity index (χ1v) is 7.83. The van der Waals surface area contributed by atoms with Crippen LogP contribution in [-0.2, 0) is 21.2 Å². The van der Waals surface area contributed by atoms with E-state index in [1.165, 1.54) is 0 Å². The van der Waals surface area contributed by atoms with Crippen LogP contribution in [0.15, 0.2) is 29.2 Å². The summed E-state index contributed by atoms with van der Waals surface area (Å²) in [6.07, 6.45) is 1.67. The van der Waals surface area contributed by atoms with E-state index in [4.69, 9.17) is 0 Å². The molecule has 1 aromatic rings. The zero-order chi connectivity index (χ0) is 14.3. The molecule has 1 aromatic carbocycles. The molecule has 0 saturated carbocycles. The minimum atomic E-state index is -3.62. The van der Waals surface area contributed by atoms with Gasteiger partial charge in [-0.05, 0) is 30.5 Å². The Bertz CT molecular complexity index is 509. The molecule has 19 heavy (non-hydrogen) atoms. The molecular formula is C13H20N2O3S. The first-order chi connectivity index (χ1) is 8.99. The average Bonchev–Trinajstić information content (AvgIpc) is 2.43. The molecule has 0 aromatic heterocycles. The van der Waals surface area contributed by atoms with Crippen molar-refractivity contribution in [1.29, 1.82) is 0 Å². The Kier molecular flexibility index (Phi) is 5.98. The first kappa shape index (κ1) is 15.7. The largest absolute Gasteiger partial charge is 0.355 e. The van der Waals surface area contributed by atoms with E-state index < -0.39 is 10.0 Å². The first-order valence-electron chi connectivity index (χ1n) is 6.35. The lowest BCUT2D eigenvalue weighted by atomic mass is 10.2. The van der Waals surface area contributed by atoms with Crippen molar-refractivity contribution in [3.8, 4) is 0 Å². The van der Waals surface area contributed by atoms with Gasteiger partial charge in [0.1, 0.15) is 0 Å². The fraction of sp³-hybridized carbons (Fsp3) is 0.462. The van der Waals surface area contributed by atoms with Crippen molar-refractivity contribution < 1.29 is 13.2 Å². The van der Waals surface area contributed by atoms with Gasteiger partial charge in [0, 0.05) is 6.54 Å². The van der Waals surface area contributed by atoms with Crippen LogP contribution in [0, 0.1) is 0 Å². The van der Waals surface area contributed by atoms with Gasteiger partial charge in [0.05, 0.1) is 11.4 Å². The zero-order valence-electron chi connectivity index (χ0n) is 11.3. The molecule has 5 nitrogen and oxygen atoms in total. The van der Waals surface area contributed by atoms with Crippen molar-refractivity contribution in [3.63, 3.8) is 0 Å². The van der Waals surface area contributed by atoms with Gasteiger partial charge in [-0.25, -0.2) is 13.1 Å². The Balaban J connectivity index is 2.62. The van der Waals surface area contributed by atoms with Gasteiger partial charge in [-0.1, -0.05) is 26.0 Å². The number of hydrogen-bond donors (Lipinski definition) is 2. The van der Waals surface area contributed by atoms with Crippen molar-refractivity contribution in [2.75, 3.05) is 13.1 Å². The van der Waals surface area contributed by atoms with Gasteiger partial charge in [-0.3, -0.25) is 4.79 Å². The van der Waals surface area contributed by atoms with Crippen molar-refractivity contribution in [3.05, 3.63) is 29.8 Å². The molecule has 0 spiro atoms. The molecule has 1 rings (SSSR count). The van der Waals surface area contributed by atoms with Crippen LogP contribution in [0.5, 0.6) is 0 Å². The van der Waals surface area contributed by atoms with Crippen LogP contribution in [0.4, 0.5) is 0 Å². The predicted octanol–water partition coefficient (Wildman–Crippen LogP) is 1.05. The maximum absolute atomic E-state index is 11.9. The van der Waals surface area contributed by atoms with E-state index in [2.05, 4.69) is 10.0 Å². The topological polar surface area (TPSA) is 75.3 Å². The zero-order valence-corrected chi connectivity index (χ0v) is 12.1. The van der Waals surface area contributed by atoms with Crippen LogP contribution in [0.3, 0.4) is 0 Å². The van der Waals surface area contributed by atoms with E-state index >= 15 is 0 Å². The van der Waals surface area contributed by atoms with Gasteiger partial charge in [0.25, 0.3) is 0 Å². The molecule has 2 N–H and O–H groups in total. The summed E-state index contributed by atoms with van der Waals surface area (Å²) in [4.78, 5) is 11.5. The molecule has 0 aliphatic carbocycles. The summed E-state index contributed by atoms with van der Waals surface area (Å²) in [6, 6.07) is 6.63.